The van der Waals surface area contributed by atoms with Gasteiger partial charge in [0.2, 0.25) is 5.78 Å². The maximum Gasteiger partial charge on any atom is 0.329 e. The lowest BCUT2D eigenvalue weighted by molar-refractivity contribution is -0.160. The number of aryl methyl sites for hydroxylation is 2. The molecule has 3 aromatic rings. The maximum atomic E-state index is 13.5. The Bertz CT molecular complexity index is 1210. The summed E-state index contributed by atoms with van der Waals surface area (Å²) in [7, 11) is 1.64. The van der Waals surface area contributed by atoms with Crippen molar-refractivity contribution in [2.45, 2.75) is 63.5 Å². The molecular formula is C33H37NO5. The largest absolute Gasteiger partial charge is 0.497 e. The number of ether oxygens (including phenoxy) is 2. The molecule has 0 saturated carbocycles. The molecule has 0 N–H and O–H groups in total. The van der Waals surface area contributed by atoms with E-state index >= 15 is 0 Å². The van der Waals surface area contributed by atoms with E-state index in [1.807, 2.05) is 42.5 Å². The topological polar surface area (TPSA) is 72.9 Å². The SMILES string of the molecule is COc1ccc(CCC(CCCc2ccccc2)OC(=O)[C@@H]2CCCCN2C(=O)C(=O)c2ccccc2)cc1. The summed E-state index contributed by atoms with van der Waals surface area (Å²) < 4.78 is 11.4. The van der Waals surface area contributed by atoms with Crippen molar-refractivity contribution in [3.05, 3.63) is 102 Å². The van der Waals surface area contributed by atoms with Crippen molar-refractivity contribution in [3.63, 3.8) is 0 Å². The molecular weight excluding hydrogens is 490 g/mol. The number of likely N-dealkylation sites (tertiary alicyclic amines) is 1. The van der Waals surface area contributed by atoms with Crippen LogP contribution < -0.4 is 4.74 Å². The third-order valence-corrected chi connectivity index (χ3v) is 7.30. The third kappa shape index (κ3) is 8.03. The minimum atomic E-state index is -0.739. The Kier molecular flexibility index (Phi) is 10.3. The summed E-state index contributed by atoms with van der Waals surface area (Å²) in [6.45, 7) is 0.377. The summed E-state index contributed by atoms with van der Waals surface area (Å²) in [5.41, 5.74) is 2.72. The molecule has 2 atom stereocenters. The van der Waals surface area contributed by atoms with Gasteiger partial charge in [0.05, 0.1) is 7.11 Å². The number of rotatable bonds is 12. The van der Waals surface area contributed by atoms with Crippen LogP contribution in [0.1, 0.15) is 60.0 Å². The summed E-state index contributed by atoms with van der Waals surface area (Å²) in [4.78, 5) is 40.9. The first-order chi connectivity index (χ1) is 19.0. The number of Topliss-reactive ketones (excluding diaryl/α,β-unsaturated/α-hetero) is 1. The number of nitrogens with zero attached hydrogens (tertiary/aromatic N) is 1. The highest BCUT2D eigenvalue weighted by Gasteiger charge is 2.37. The van der Waals surface area contributed by atoms with Crippen molar-refractivity contribution in [2.75, 3.05) is 13.7 Å². The number of piperidine rings is 1. The van der Waals surface area contributed by atoms with E-state index in [4.69, 9.17) is 9.47 Å². The number of ketones is 1. The molecule has 39 heavy (non-hydrogen) atoms. The minimum absolute atomic E-state index is 0.285. The smallest absolute Gasteiger partial charge is 0.329 e. The Hall–Kier alpha value is -3.93. The summed E-state index contributed by atoms with van der Waals surface area (Å²) in [6.07, 6.45) is 5.73. The lowest BCUT2D eigenvalue weighted by Crippen LogP contribution is -2.51. The molecule has 1 aliphatic rings. The number of esters is 1. The Morgan fingerprint density at radius 3 is 2.18 bits per heavy atom. The molecule has 3 aromatic carbocycles. The van der Waals surface area contributed by atoms with Crippen molar-refractivity contribution in [1.82, 2.24) is 4.90 Å². The van der Waals surface area contributed by atoms with Gasteiger partial charge in [0.15, 0.2) is 0 Å². The van der Waals surface area contributed by atoms with Crippen LogP contribution in [-0.2, 0) is 27.2 Å². The normalized spacial score (nSPS) is 15.8. The van der Waals surface area contributed by atoms with Crippen LogP contribution >= 0.6 is 0 Å². The fourth-order valence-corrected chi connectivity index (χ4v) is 5.07. The van der Waals surface area contributed by atoms with Gasteiger partial charge < -0.3 is 14.4 Å². The molecule has 1 unspecified atom stereocenters. The second kappa shape index (κ2) is 14.3. The molecule has 1 aliphatic heterocycles. The van der Waals surface area contributed by atoms with Gasteiger partial charge >= 0.3 is 5.97 Å². The highest BCUT2D eigenvalue weighted by Crippen LogP contribution is 2.23. The van der Waals surface area contributed by atoms with E-state index in [0.717, 1.165) is 49.8 Å². The first-order valence-electron chi connectivity index (χ1n) is 13.8. The molecule has 0 bridgehead atoms. The van der Waals surface area contributed by atoms with E-state index in [1.165, 1.54) is 10.5 Å². The zero-order valence-corrected chi connectivity index (χ0v) is 22.6. The van der Waals surface area contributed by atoms with Crippen LogP contribution in [0.2, 0.25) is 0 Å². The van der Waals surface area contributed by atoms with Gasteiger partial charge in [-0.05, 0) is 74.6 Å². The van der Waals surface area contributed by atoms with Gasteiger partial charge in [-0.25, -0.2) is 4.79 Å². The van der Waals surface area contributed by atoms with E-state index in [9.17, 15) is 14.4 Å². The Balaban J connectivity index is 1.42. The fourth-order valence-electron chi connectivity index (χ4n) is 5.07. The van der Waals surface area contributed by atoms with Crippen molar-refractivity contribution in [2.24, 2.45) is 0 Å². The lowest BCUT2D eigenvalue weighted by atomic mass is 9.99. The summed E-state index contributed by atoms with van der Waals surface area (Å²) in [6, 6.07) is 25.9. The van der Waals surface area contributed by atoms with Crippen LogP contribution in [-0.4, -0.2) is 48.4 Å². The summed E-state index contributed by atoms with van der Waals surface area (Å²) in [5.74, 6) is -0.837. The molecule has 1 fully saturated rings. The molecule has 1 amide bonds. The van der Waals surface area contributed by atoms with Crippen molar-refractivity contribution < 1.29 is 23.9 Å². The molecule has 1 saturated heterocycles. The molecule has 1 heterocycles. The number of hydrogen-bond acceptors (Lipinski definition) is 5. The average Bonchev–Trinajstić information content (AvgIpc) is 3.00. The maximum absolute atomic E-state index is 13.5. The van der Waals surface area contributed by atoms with Crippen LogP contribution in [0.5, 0.6) is 5.75 Å². The van der Waals surface area contributed by atoms with Gasteiger partial charge in [-0.2, -0.15) is 0 Å². The number of hydrogen-bond donors (Lipinski definition) is 0. The van der Waals surface area contributed by atoms with Crippen molar-refractivity contribution in [3.8, 4) is 5.75 Å². The highest BCUT2D eigenvalue weighted by atomic mass is 16.5. The molecule has 204 valence electrons. The van der Waals surface area contributed by atoms with Crippen LogP contribution in [0, 0.1) is 0 Å². The second-order valence-electron chi connectivity index (χ2n) is 10.0. The minimum Gasteiger partial charge on any atom is -0.497 e. The third-order valence-electron chi connectivity index (χ3n) is 7.30. The monoisotopic (exact) mass is 527 g/mol. The molecule has 0 aromatic heterocycles. The second-order valence-corrected chi connectivity index (χ2v) is 10.0. The standard InChI is InChI=1S/C33H37NO5/c1-38-28-21-18-26(19-22-28)20-23-29(16-10-13-25-11-4-2-5-12-25)39-33(37)30-17-8-9-24-34(30)32(36)31(35)27-14-6-3-7-15-27/h2-7,11-12,14-15,18-19,21-22,29-30H,8-10,13,16-17,20,23-24H2,1H3/t29?,30-/m0/s1. The predicted octanol–water partition coefficient (Wildman–Crippen LogP) is 5.83. The van der Waals surface area contributed by atoms with Crippen LogP contribution in [0.3, 0.4) is 0 Å². The average molecular weight is 528 g/mol. The van der Waals surface area contributed by atoms with E-state index < -0.39 is 23.7 Å². The number of benzene rings is 3. The van der Waals surface area contributed by atoms with Gasteiger partial charge in [-0.1, -0.05) is 72.8 Å². The Morgan fingerprint density at radius 1 is 0.821 bits per heavy atom. The van der Waals surface area contributed by atoms with E-state index in [2.05, 4.69) is 12.1 Å². The van der Waals surface area contributed by atoms with Gasteiger partial charge in [-0.3, -0.25) is 9.59 Å². The van der Waals surface area contributed by atoms with E-state index in [0.29, 0.717) is 24.9 Å². The van der Waals surface area contributed by atoms with Crippen LogP contribution in [0.25, 0.3) is 0 Å². The molecule has 0 aliphatic carbocycles. The Labute approximate surface area is 230 Å². The predicted molar refractivity (Wildman–Crippen MR) is 151 cm³/mol. The Morgan fingerprint density at radius 2 is 1.49 bits per heavy atom. The molecule has 0 radical (unpaired) electrons. The van der Waals surface area contributed by atoms with Gasteiger partial charge in [-0.15, -0.1) is 0 Å². The number of amides is 1. The number of carbonyl (C=O) groups is 3. The van der Waals surface area contributed by atoms with Gasteiger partial charge in [0.25, 0.3) is 5.91 Å². The number of methoxy groups -OCH3 is 1. The van der Waals surface area contributed by atoms with Crippen molar-refractivity contribution in [1.29, 1.82) is 0 Å². The first-order valence-corrected chi connectivity index (χ1v) is 13.8. The molecule has 6 heteroatoms. The van der Waals surface area contributed by atoms with E-state index in [-0.39, 0.29) is 6.10 Å². The van der Waals surface area contributed by atoms with Gasteiger partial charge in [0, 0.05) is 12.1 Å². The fraction of sp³-hybridized carbons (Fsp3) is 0.364. The molecule has 0 spiro atoms. The quantitative estimate of drug-likeness (QED) is 0.168. The summed E-state index contributed by atoms with van der Waals surface area (Å²) in [5, 5.41) is 0. The van der Waals surface area contributed by atoms with Gasteiger partial charge in [0.1, 0.15) is 17.9 Å². The number of carbonyl (C=O) groups excluding carboxylic acids is 3. The first kappa shape index (κ1) is 28.1. The van der Waals surface area contributed by atoms with Crippen molar-refractivity contribution >= 4 is 17.7 Å². The molecule has 4 rings (SSSR count). The molecule has 6 nitrogen and oxygen atoms in total. The lowest BCUT2D eigenvalue weighted by Gasteiger charge is -2.34. The zero-order valence-electron chi connectivity index (χ0n) is 22.6. The van der Waals surface area contributed by atoms with Crippen LogP contribution in [0.15, 0.2) is 84.9 Å². The zero-order chi connectivity index (χ0) is 27.5. The van der Waals surface area contributed by atoms with Crippen LogP contribution in [0.4, 0.5) is 0 Å². The summed E-state index contributed by atoms with van der Waals surface area (Å²) >= 11 is 0. The highest BCUT2D eigenvalue weighted by molar-refractivity contribution is 6.43. The van der Waals surface area contributed by atoms with E-state index in [1.54, 1.807) is 37.4 Å².